The molecule has 0 aromatic heterocycles. The van der Waals surface area contributed by atoms with Crippen molar-refractivity contribution in [1.29, 1.82) is 0 Å². The molecule has 0 saturated heterocycles. The summed E-state index contributed by atoms with van der Waals surface area (Å²) in [7, 11) is 0. The van der Waals surface area contributed by atoms with Gasteiger partial charge in [0.25, 0.3) is 0 Å². The molecule has 1 aliphatic carbocycles. The fourth-order valence-corrected chi connectivity index (χ4v) is 0.965. The van der Waals surface area contributed by atoms with E-state index in [0.29, 0.717) is 0 Å². The Hall–Kier alpha value is -0.331. The number of carbonyl (C=O) groups is 1. The summed E-state index contributed by atoms with van der Waals surface area (Å²) in [6.45, 7) is 5.78. The first-order chi connectivity index (χ1) is 5.02. The van der Waals surface area contributed by atoms with Crippen LogP contribution >= 0.6 is 0 Å². The molecule has 0 bridgehead atoms. The van der Waals surface area contributed by atoms with Gasteiger partial charge in [0.05, 0.1) is 5.78 Å². The Morgan fingerprint density at radius 3 is 2.42 bits per heavy atom. The van der Waals surface area contributed by atoms with Crippen LogP contribution < -0.4 is 0 Å². The van der Waals surface area contributed by atoms with E-state index in [9.17, 15) is 4.79 Å². The maximum atomic E-state index is 11.5. The largest absolute Gasteiger partial charge is 0.370 e. The quantitative estimate of drug-likeness (QED) is 0.474. The maximum Gasteiger partial charge on any atom is 0.0547 e. The Morgan fingerprint density at radius 2 is 2.08 bits per heavy atom. The summed E-state index contributed by atoms with van der Waals surface area (Å²) in [5, 5.41) is 0. The van der Waals surface area contributed by atoms with Crippen LogP contribution in [0.5, 0.6) is 0 Å². The third-order valence-electron chi connectivity index (χ3n) is 1.62. The first kappa shape index (κ1) is 11.7. The van der Waals surface area contributed by atoms with Gasteiger partial charge in [-0.25, -0.2) is 0 Å². The maximum absolute atomic E-state index is 11.5. The van der Waals surface area contributed by atoms with Crippen molar-refractivity contribution >= 4 is 5.78 Å². The Kier molecular flexibility index (Phi) is 3.95. The number of rotatable bonds is 1. The van der Waals surface area contributed by atoms with Crippen molar-refractivity contribution in [3.05, 3.63) is 23.8 Å². The van der Waals surface area contributed by atoms with Crippen LogP contribution in [0.25, 0.3) is 0 Å². The van der Waals surface area contributed by atoms with Gasteiger partial charge >= 0.3 is 0 Å². The molecule has 0 unspecified atom stereocenters. The van der Waals surface area contributed by atoms with Gasteiger partial charge in [0.2, 0.25) is 0 Å². The summed E-state index contributed by atoms with van der Waals surface area (Å²) in [5.41, 5.74) is 0.481. The average Bonchev–Trinajstić information content (AvgIpc) is 2.34. The van der Waals surface area contributed by atoms with E-state index in [2.05, 4.69) is 6.08 Å². The molecule has 0 fully saturated rings. The molecule has 12 heavy (non-hydrogen) atoms. The molecule has 0 heterocycles. The molecule has 1 rings (SSSR count). The second-order valence-corrected chi connectivity index (χ2v) is 3.78. The second kappa shape index (κ2) is 4.06. The molecule has 0 amide bonds. The number of Topliss-reactive ketones (excluding diaryl/α,β-unsaturated/α-hetero) is 1. The molecular weight excluding hydrogens is 192 g/mol. The molecule has 0 N–H and O–H groups in total. The van der Waals surface area contributed by atoms with Crippen LogP contribution in [0.1, 0.15) is 27.2 Å². The Balaban J connectivity index is 0.00000121. The van der Waals surface area contributed by atoms with Crippen molar-refractivity contribution in [2.24, 2.45) is 5.41 Å². The number of hydrogen-bond acceptors (Lipinski definition) is 1. The van der Waals surface area contributed by atoms with Gasteiger partial charge in [-0.05, 0) is 5.41 Å². The topological polar surface area (TPSA) is 17.1 Å². The fourth-order valence-electron chi connectivity index (χ4n) is 0.965. The van der Waals surface area contributed by atoms with Gasteiger partial charge in [0, 0.05) is 17.1 Å². The molecule has 68 valence electrons. The smallest absolute Gasteiger partial charge is 0.0547 e. The van der Waals surface area contributed by atoms with Crippen LogP contribution in [0, 0.1) is 11.5 Å². The minimum absolute atomic E-state index is 0. The summed E-state index contributed by atoms with van der Waals surface area (Å²) in [6, 6.07) is 0. The van der Waals surface area contributed by atoms with Crippen molar-refractivity contribution in [2.45, 2.75) is 27.2 Å². The molecule has 0 atom stereocenters. The Labute approximate surface area is 84.4 Å². The van der Waals surface area contributed by atoms with Crippen LogP contribution in [0.3, 0.4) is 0 Å². The third-order valence-corrected chi connectivity index (χ3v) is 1.62. The van der Waals surface area contributed by atoms with Crippen LogP contribution in [-0.2, 0) is 21.9 Å². The van der Waals surface area contributed by atoms with Crippen molar-refractivity contribution in [2.75, 3.05) is 0 Å². The summed E-state index contributed by atoms with van der Waals surface area (Å²) in [6.07, 6.45) is 7.62. The summed E-state index contributed by atoms with van der Waals surface area (Å²) in [5.74, 6) is 0.186. The van der Waals surface area contributed by atoms with Gasteiger partial charge in [-0.2, -0.15) is 17.7 Å². The van der Waals surface area contributed by atoms with E-state index in [1.807, 2.05) is 32.9 Å². The normalized spacial score (nSPS) is 15.4. The first-order valence-electron chi connectivity index (χ1n) is 3.84. The number of allylic oxidation sites excluding steroid dienone is 4. The molecule has 2 heteroatoms. The van der Waals surface area contributed by atoms with Gasteiger partial charge < -0.3 is 4.79 Å². The minimum Gasteiger partial charge on any atom is -0.370 e. The van der Waals surface area contributed by atoms with E-state index in [1.54, 1.807) is 0 Å². The zero-order chi connectivity index (χ0) is 8.48. The predicted molar refractivity (Wildman–Crippen MR) is 45.0 cm³/mol. The monoisotopic (exact) mass is 205 g/mol. The van der Waals surface area contributed by atoms with Crippen molar-refractivity contribution in [3.8, 4) is 0 Å². The van der Waals surface area contributed by atoms with Crippen molar-refractivity contribution in [1.82, 2.24) is 0 Å². The van der Waals surface area contributed by atoms with Crippen LogP contribution in [0.2, 0.25) is 0 Å². The van der Waals surface area contributed by atoms with E-state index in [4.69, 9.17) is 0 Å². The Morgan fingerprint density at radius 1 is 1.50 bits per heavy atom. The van der Waals surface area contributed by atoms with Crippen molar-refractivity contribution < 1.29 is 21.9 Å². The molecule has 0 spiro atoms. The van der Waals surface area contributed by atoms with E-state index in [1.165, 1.54) is 0 Å². The van der Waals surface area contributed by atoms with E-state index in [0.717, 1.165) is 12.0 Å². The molecule has 1 aliphatic rings. The van der Waals surface area contributed by atoms with Gasteiger partial charge in [-0.1, -0.05) is 27.2 Å². The minimum atomic E-state index is -0.267. The zero-order valence-corrected chi connectivity index (χ0v) is 8.73. The van der Waals surface area contributed by atoms with E-state index < -0.39 is 0 Å². The number of hydrogen-bond donors (Lipinski definition) is 0. The molecule has 0 saturated carbocycles. The first-order valence-corrected chi connectivity index (χ1v) is 3.84. The summed E-state index contributed by atoms with van der Waals surface area (Å²) < 4.78 is 0. The molecular formula is C10H13FeO-. The molecule has 0 aromatic carbocycles. The molecule has 0 radical (unpaired) electrons. The average molecular weight is 205 g/mol. The molecule has 0 aliphatic heterocycles. The van der Waals surface area contributed by atoms with E-state index in [-0.39, 0.29) is 28.3 Å². The van der Waals surface area contributed by atoms with Gasteiger partial charge in [0.1, 0.15) is 0 Å². The number of ketones is 1. The van der Waals surface area contributed by atoms with E-state index >= 15 is 0 Å². The number of carbonyl (C=O) groups excluding carboxylic acids is 1. The standard InChI is InChI=1S/C10H13O.Fe/c1-10(2,3)9(11)8-6-4-5-7-8;/h4,6H,5H2,1-3H3;/q-1;. The third kappa shape index (κ3) is 2.62. The second-order valence-electron chi connectivity index (χ2n) is 3.78. The van der Waals surface area contributed by atoms with Crippen LogP contribution in [0.4, 0.5) is 0 Å². The summed E-state index contributed by atoms with van der Waals surface area (Å²) >= 11 is 0. The van der Waals surface area contributed by atoms with Crippen LogP contribution in [-0.4, -0.2) is 5.78 Å². The molecule has 0 aromatic rings. The SMILES string of the molecule is CC(C)(C)C(=O)C1=[C-]CC=C1.[Fe]. The van der Waals surface area contributed by atoms with Gasteiger partial charge in [-0.3, -0.25) is 0 Å². The van der Waals surface area contributed by atoms with Crippen LogP contribution in [0.15, 0.2) is 17.7 Å². The van der Waals surface area contributed by atoms with Gasteiger partial charge in [-0.15, -0.1) is 6.08 Å². The molecule has 1 nitrogen and oxygen atoms in total. The fraction of sp³-hybridized carbons (Fsp3) is 0.500. The Bertz CT molecular complexity index is 231. The predicted octanol–water partition coefficient (Wildman–Crippen LogP) is 2.29. The summed E-state index contributed by atoms with van der Waals surface area (Å²) in [4.78, 5) is 11.5. The van der Waals surface area contributed by atoms with Crippen molar-refractivity contribution in [3.63, 3.8) is 0 Å². The van der Waals surface area contributed by atoms with Gasteiger partial charge in [0.15, 0.2) is 0 Å². The zero-order valence-electron chi connectivity index (χ0n) is 7.62.